The number of nitrogen functional groups attached to an aromatic ring is 1. The van der Waals surface area contributed by atoms with Gasteiger partial charge in [0.2, 0.25) is 9.84 Å². The highest BCUT2D eigenvalue weighted by Crippen LogP contribution is 2.38. The molecular weight excluding hydrogens is 485 g/mol. The van der Waals surface area contributed by atoms with Crippen molar-refractivity contribution >= 4 is 44.7 Å². The van der Waals surface area contributed by atoms with Crippen LogP contribution < -0.4 is 10.5 Å². The molecule has 3 aromatic rings. The average Bonchev–Trinajstić information content (AvgIpc) is 3.19. The summed E-state index contributed by atoms with van der Waals surface area (Å²) in [7, 11) is -4.03. The number of thiophene rings is 1. The predicted molar refractivity (Wildman–Crippen MR) is 116 cm³/mol. The van der Waals surface area contributed by atoms with Crippen LogP contribution in [-0.2, 0) is 14.6 Å². The Morgan fingerprint density at radius 3 is 2.44 bits per heavy atom. The Kier molecular flexibility index (Phi) is 6.67. The highest BCUT2D eigenvalue weighted by Gasteiger charge is 2.41. The van der Waals surface area contributed by atoms with E-state index >= 15 is 0 Å². The van der Waals surface area contributed by atoms with Crippen molar-refractivity contribution in [1.82, 2.24) is 0 Å². The van der Waals surface area contributed by atoms with E-state index in [1.54, 1.807) is 6.26 Å². The number of nitrogens with two attached hydrogens (primary N) is 1. The molecule has 1 heterocycles. The topological polar surface area (TPSA) is 110 Å². The molecule has 32 heavy (non-hydrogen) atoms. The maximum Gasteiger partial charge on any atom is 0.491 e. The van der Waals surface area contributed by atoms with Crippen molar-refractivity contribution in [2.45, 2.75) is 20.2 Å². The van der Waals surface area contributed by atoms with Gasteiger partial charge in [-0.1, -0.05) is 30.3 Å². The zero-order valence-electron chi connectivity index (χ0n) is 16.3. The van der Waals surface area contributed by atoms with E-state index in [1.165, 1.54) is 66.4 Å². The molecule has 1 aromatic heterocycles. The number of nitrogens with one attached hydrogen (secondary N) is 1. The average molecular weight is 501 g/mol. The Hall–Kier alpha value is -2.83. The summed E-state index contributed by atoms with van der Waals surface area (Å²) >= 11 is 2.26. The van der Waals surface area contributed by atoms with E-state index in [4.69, 9.17) is 11.1 Å². The number of halogens is 3. The molecule has 0 aliphatic carbocycles. The Morgan fingerprint density at radius 1 is 1.12 bits per heavy atom. The normalized spacial score (nSPS) is 11.9. The van der Waals surface area contributed by atoms with Crippen molar-refractivity contribution < 1.29 is 31.1 Å². The van der Waals surface area contributed by atoms with Gasteiger partial charge < -0.3 is 10.5 Å². The molecule has 3 rings (SSSR count). The van der Waals surface area contributed by atoms with Gasteiger partial charge in [-0.3, -0.25) is 5.41 Å². The number of ether oxygens (including phenoxy) is 1. The number of para-hydroxylation sites is 1. The predicted octanol–water partition coefficient (Wildman–Crippen LogP) is 4.72. The standard InChI is InChI=1S/C20H15F3N2O4S3/c1-30-18-16(10-15(31-18)17(24)25)32(27,28)12-6-4-5-11(9-12)13-7-2-3-8-14(13)29-19(26)20(21,22)23/h2-10H,1H3,(H3,24,25). The zero-order chi connectivity index (χ0) is 23.7. The van der Waals surface area contributed by atoms with Crippen molar-refractivity contribution in [3.05, 3.63) is 59.5 Å². The van der Waals surface area contributed by atoms with Gasteiger partial charge in [0, 0.05) is 5.56 Å². The molecular formula is C20H15F3N2O4S3. The smallest absolute Gasteiger partial charge is 0.419 e. The molecule has 2 aromatic carbocycles. The summed E-state index contributed by atoms with van der Waals surface area (Å²) in [5.74, 6) is -3.00. The van der Waals surface area contributed by atoms with Crippen molar-refractivity contribution in [2.24, 2.45) is 5.73 Å². The quantitative estimate of drug-likeness (QED) is 0.167. The van der Waals surface area contributed by atoms with Crippen LogP contribution in [0, 0.1) is 5.41 Å². The van der Waals surface area contributed by atoms with Gasteiger partial charge in [0.25, 0.3) is 0 Å². The Balaban J connectivity index is 2.07. The maximum absolute atomic E-state index is 13.3. The van der Waals surface area contributed by atoms with Crippen LogP contribution in [0.1, 0.15) is 4.88 Å². The second kappa shape index (κ2) is 8.96. The van der Waals surface area contributed by atoms with Crippen LogP contribution in [0.4, 0.5) is 13.2 Å². The van der Waals surface area contributed by atoms with Crippen LogP contribution >= 0.6 is 23.1 Å². The molecule has 0 spiro atoms. The minimum atomic E-state index is -5.18. The van der Waals surface area contributed by atoms with Gasteiger partial charge in [0.05, 0.1) is 18.9 Å². The highest BCUT2D eigenvalue weighted by atomic mass is 32.2. The number of carbonyl (C=O) groups excluding carboxylic acids is 1. The van der Waals surface area contributed by atoms with Gasteiger partial charge in [-0.15, -0.1) is 23.1 Å². The van der Waals surface area contributed by atoms with Gasteiger partial charge in [-0.2, -0.15) is 13.2 Å². The molecule has 0 atom stereocenters. The summed E-state index contributed by atoms with van der Waals surface area (Å²) in [5, 5.41) is 7.56. The van der Waals surface area contributed by atoms with Gasteiger partial charge in [-0.05, 0) is 36.1 Å². The lowest BCUT2D eigenvalue weighted by atomic mass is 10.0. The van der Waals surface area contributed by atoms with Gasteiger partial charge in [-0.25, -0.2) is 13.2 Å². The third kappa shape index (κ3) is 4.81. The molecule has 3 N–H and O–H groups in total. The molecule has 0 bridgehead atoms. The summed E-state index contributed by atoms with van der Waals surface area (Å²) in [6.07, 6.45) is -3.49. The summed E-state index contributed by atoms with van der Waals surface area (Å²) in [5.41, 5.74) is 5.84. The minimum Gasteiger partial charge on any atom is -0.419 e. The number of rotatable bonds is 6. The van der Waals surface area contributed by atoms with Crippen LogP contribution in [0.5, 0.6) is 5.75 Å². The number of carbonyl (C=O) groups is 1. The van der Waals surface area contributed by atoms with Crippen molar-refractivity contribution in [1.29, 1.82) is 5.41 Å². The summed E-state index contributed by atoms with van der Waals surface area (Å²) in [4.78, 5) is 11.4. The Bertz CT molecular complexity index is 1300. The monoisotopic (exact) mass is 500 g/mol. The van der Waals surface area contributed by atoms with Gasteiger partial charge >= 0.3 is 12.1 Å². The second-order valence-corrected chi connectivity index (χ2v) is 10.3. The van der Waals surface area contributed by atoms with E-state index in [0.29, 0.717) is 9.09 Å². The SMILES string of the molecule is CSc1sc(C(=N)N)cc1S(=O)(=O)c1cccc(-c2ccccc2OC(=O)C(F)(F)F)c1. The lowest BCUT2D eigenvalue weighted by Gasteiger charge is -2.12. The summed E-state index contributed by atoms with van der Waals surface area (Å²) < 4.78 is 69.4. The summed E-state index contributed by atoms with van der Waals surface area (Å²) in [6.45, 7) is 0. The first-order valence-electron chi connectivity index (χ1n) is 8.71. The number of esters is 1. The molecule has 0 radical (unpaired) electrons. The minimum absolute atomic E-state index is 0.0193. The zero-order valence-corrected chi connectivity index (χ0v) is 18.7. The molecule has 168 valence electrons. The molecule has 0 saturated heterocycles. The fourth-order valence-electron chi connectivity index (χ4n) is 2.73. The van der Waals surface area contributed by atoms with Gasteiger partial charge in [0.15, 0.2) is 0 Å². The highest BCUT2D eigenvalue weighted by molar-refractivity contribution is 8.01. The van der Waals surface area contributed by atoms with Crippen molar-refractivity contribution in [3.8, 4) is 16.9 Å². The fourth-order valence-corrected chi connectivity index (χ4v) is 6.63. The number of benzene rings is 2. The van der Waals surface area contributed by atoms with Crippen molar-refractivity contribution in [3.63, 3.8) is 0 Å². The molecule has 0 aliphatic rings. The van der Waals surface area contributed by atoms with Crippen LogP contribution in [0.3, 0.4) is 0 Å². The van der Waals surface area contributed by atoms with Crippen molar-refractivity contribution in [2.75, 3.05) is 6.26 Å². The third-order valence-electron chi connectivity index (χ3n) is 4.18. The summed E-state index contributed by atoms with van der Waals surface area (Å²) in [6, 6.07) is 12.4. The van der Waals surface area contributed by atoms with Gasteiger partial charge in [0.1, 0.15) is 11.6 Å². The van der Waals surface area contributed by atoms with E-state index < -0.39 is 22.0 Å². The molecule has 0 saturated carbocycles. The molecule has 0 aliphatic heterocycles. The number of hydrogen-bond donors (Lipinski definition) is 2. The molecule has 0 amide bonds. The number of thioether (sulfide) groups is 1. The second-order valence-electron chi connectivity index (χ2n) is 6.29. The van der Waals surface area contributed by atoms with E-state index in [9.17, 15) is 26.4 Å². The molecule has 0 unspecified atom stereocenters. The Morgan fingerprint density at radius 2 is 1.81 bits per heavy atom. The lowest BCUT2D eigenvalue weighted by Crippen LogP contribution is -2.28. The van der Waals surface area contributed by atoms with E-state index in [2.05, 4.69) is 4.74 Å². The van der Waals surface area contributed by atoms with Crippen LogP contribution in [0.2, 0.25) is 0 Å². The molecule has 6 nitrogen and oxygen atoms in total. The number of alkyl halides is 3. The van der Waals surface area contributed by atoms with Crippen LogP contribution in [0.15, 0.2) is 68.6 Å². The van der Waals surface area contributed by atoms with Crippen LogP contribution in [0.25, 0.3) is 11.1 Å². The maximum atomic E-state index is 13.3. The molecule has 0 fully saturated rings. The largest absolute Gasteiger partial charge is 0.491 e. The van der Waals surface area contributed by atoms with E-state index in [0.717, 1.165) is 11.3 Å². The fraction of sp³-hybridized carbons (Fsp3) is 0.100. The number of amidine groups is 1. The molecule has 12 heteroatoms. The first-order chi connectivity index (χ1) is 14.9. The first kappa shape index (κ1) is 23.8. The van der Waals surface area contributed by atoms with Crippen LogP contribution in [-0.4, -0.2) is 32.7 Å². The number of sulfone groups is 1. The third-order valence-corrected chi connectivity index (χ3v) is 8.52. The van der Waals surface area contributed by atoms with E-state index in [-0.39, 0.29) is 32.5 Å². The lowest BCUT2D eigenvalue weighted by molar-refractivity contribution is -0.189. The first-order valence-corrected chi connectivity index (χ1v) is 12.2. The van der Waals surface area contributed by atoms with E-state index in [1.807, 2.05) is 0 Å². The Labute approximate surface area is 189 Å². The number of hydrogen-bond acceptors (Lipinski definition) is 7.